The molecule has 2 aromatic rings. The smallest absolute Gasteiger partial charge is 0.131 e. The summed E-state index contributed by atoms with van der Waals surface area (Å²) in [4.78, 5) is 0. The fourth-order valence-electron chi connectivity index (χ4n) is 3.05. The van der Waals surface area contributed by atoms with Crippen molar-refractivity contribution in [2.45, 2.75) is 18.6 Å². The van der Waals surface area contributed by atoms with E-state index in [1.54, 1.807) is 12.5 Å². The van der Waals surface area contributed by atoms with E-state index >= 15 is 0 Å². The zero-order valence-electron chi connectivity index (χ0n) is 9.93. The Labute approximate surface area is 105 Å². The molecule has 4 heteroatoms. The summed E-state index contributed by atoms with van der Waals surface area (Å²) in [5, 5.41) is 7.19. The third-order valence-electron chi connectivity index (χ3n) is 3.96. The van der Waals surface area contributed by atoms with Crippen LogP contribution < -0.4 is 5.32 Å². The second-order valence-electron chi connectivity index (χ2n) is 4.90. The van der Waals surface area contributed by atoms with Gasteiger partial charge in [0.2, 0.25) is 0 Å². The van der Waals surface area contributed by atoms with E-state index < -0.39 is 0 Å². The molecule has 1 N–H and O–H groups in total. The number of nitrogens with zero attached hydrogens (tertiary/aromatic N) is 1. The molecule has 1 fully saturated rings. The quantitative estimate of drug-likeness (QED) is 0.830. The van der Waals surface area contributed by atoms with Gasteiger partial charge >= 0.3 is 0 Å². The molecule has 1 aromatic carbocycles. The molecule has 0 spiro atoms. The van der Waals surface area contributed by atoms with Crippen molar-refractivity contribution in [2.24, 2.45) is 0 Å². The zero-order chi connectivity index (χ0) is 11.9. The number of benzene rings is 1. The second-order valence-corrected chi connectivity index (χ2v) is 4.90. The van der Waals surface area contributed by atoms with Crippen LogP contribution in [0.5, 0.6) is 0 Å². The Kier molecular flexibility index (Phi) is 2.25. The van der Waals surface area contributed by atoms with E-state index in [0.717, 1.165) is 18.7 Å². The normalized spacial score (nSPS) is 25.8. The highest BCUT2D eigenvalue weighted by molar-refractivity contribution is 5.67. The highest BCUT2D eigenvalue weighted by Crippen LogP contribution is 2.38. The molecule has 4 nitrogen and oxygen atoms in total. The maximum Gasteiger partial charge on any atom is 0.131 e. The first-order chi connectivity index (χ1) is 8.93. The molecule has 18 heavy (non-hydrogen) atoms. The van der Waals surface area contributed by atoms with Crippen molar-refractivity contribution >= 4 is 0 Å². The van der Waals surface area contributed by atoms with E-state index in [0.29, 0.717) is 18.6 Å². The van der Waals surface area contributed by atoms with E-state index in [2.05, 4.69) is 28.7 Å². The summed E-state index contributed by atoms with van der Waals surface area (Å²) >= 11 is 0. The lowest BCUT2D eigenvalue weighted by Crippen LogP contribution is -2.27. The van der Waals surface area contributed by atoms with Crippen LogP contribution in [0.3, 0.4) is 0 Å². The third-order valence-corrected chi connectivity index (χ3v) is 3.96. The van der Waals surface area contributed by atoms with Gasteiger partial charge in [-0.3, -0.25) is 0 Å². The van der Waals surface area contributed by atoms with E-state index in [1.807, 2.05) is 0 Å². The number of hydrogen-bond acceptors (Lipinski definition) is 4. The monoisotopic (exact) mass is 242 g/mol. The van der Waals surface area contributed by atoms with Crippen LogP contribution in [-0.2, 0) is 11.3 Å². The number of aromatic nitrogens is 1. The highest BCUT2D eigenvalue weighted by atomic mass is 16.5. The molecule has 92 valence electrons. The fraction of sp³-hybridized carbons (Fsp3) is 0.357. The van der Waals surface area contributed by atoms with Crippen molar-refractivity contribution in [3.63, 3.8) is 0 Å². The van der Waals surface area contributed by atoms with Gasteiger partial charge in [-0.15, -0.1) is 0 Å². The van der Waals surface area contributed by atoms with Gasteiger partial charge in [0.25, 0.3) is 0 Å². The van der Waals surface area contributed by atoms with Crippen molar-refractivity contribution in [3.8, 4) is 11.1 Å². The SMILES string of the molecule is c1cc(-c2cnoc2)c2c(c1)[C@@H]1CNC[C@@H]1OC2. The number of rotatable bonds is 1. The van der Waals surface area contributed by atoms with Crippen molar-refractivity contribution in [1.29, 1.82) is 0 Å². The van der Waals surface area contributed by atoms with Crippen LogP contribution in [0.1, 0.15) is 17.0 Å². The number of nitrogens with one attached hydrogen (secondary N) is 1. The van der Waals surface area contributed by atoms with Crippen LogP contribution in [0.4, 0.5) is 0 Å². The van der Waals surface area contributed by atoms with E-state index in [-0.39, 0.29) is 0 Å². The van der Waals surface area contributed by atoms with Gasteiger partial charge < -0.3 is 14.6 Å². The Hall–Kier alpha value is -1.65. The van der Waals surface area contributed by atoms with Crippen molar-refractivity contribution in [2.75, 3.05) is 13.1 Å². The van der Waals surface area contributed by atoms with Crippen LogP contribution >= 0.6 is 0 Å². The number of ether oxygens (including phenoxy) is 1. The van der Waals surface area contributed by atoms with Gasteiger partial charge in [-0.2, -0.15) is 0 Å². The highest BCUT2D eigenvalue weighted by Gasteiger charge is 2.35. The lowest BCUT2D eigenvalue weighted by Gasteiger charge is -2.29. The van der Waals surface area contributed by atoms with Gasteiger partial charge in [0, 0.05) is 24.6 Å². The minimum absolute atomic E-state index is 0.329. The maximum atomic E-state index is 5.95. The Balaban J connectivity index is 1.86. The zero-order valence-corrected chi connectivity index (χ0v) is 9.93. The summed E-state index contributed by atoms with van der Waals surface area (Å²) in [6.07, 6.45) is 3.78. The topological polar surface area (TPSA) is 47.3 Å². The molecule has 2 aliphatic rings. The van der Waals surface area contributed by atoms with Gasteiger partial charge in [0.05, 0.1) is 18.9 Å². The maximum absolute atomic E-state index is 5.95. The standard InChI is InChI=1S/C14H14N2O2/c1-2-10(9-4-16-18-7-9)13-8-17-14-6-15-5-12(14)11(13)3-1/h1-4,7,12,14-15H,5-6,8H2/t12-,14-/m0/s1. The molecule has 0 unspecified atom stereocenters. The lowest BCUT2D eigenvalue weighted by molar-refractivity contribution is 0.0302. The summed E-state index contributed by atoms with van der Waals surface area (Å²) in [5.74, 6) is 0.480. The summed E-state index contributed by atoms with van der Waals surface area (Å²) in [6.45, 7) is 2.64. The first-order valence-corrected chi connectivity index (χ1v) is 6.27. The average molecular weight is 242 g/mol. The Morgan fingerprint density at radius 2 is 2.28 bits per heavy atom. The molecule has 0 radical (unpaired) electrons. The Morgan fingerprint density at radius 3 is 3.17 bits per heavy atom. The van der Waals surface area contributed by atoms with E-state index in [1.165, 1.54) is 16.7 Å². The molecule has 0 bridgehead atoms. The molecule has 0 amide bonds. The van der Waals surface area contributed by atoms with Crippen LogP contribution in [0, 0.1) is 0 Å². The molecule has 2 aliphatic heterocycles. The minimum Gasteiger partial charge on any atom is -0.371 e. The van der Waals surface area contributed by atoms with Crippen LogP contribution in [0.25, 0.3) is 11.1 Å². The largest absolute Gasteiger partial charge is 0.371 e. The van der Waals surface area contributed by atoms with E-state index in [9.17, 15) is 0 Å². The van der Waals surface area contributed by atoms with Gasteiger partial charge in [-0.25, -0.2) is 0 Å². The van der Waals surface area contributed by atoms with Gasteiger partial charge in [-0.05, 0) is 16.7 Å². The molecule has 4 rings (SSSR count). The number of fused-ring (bicyclic) bond motifs is 3. The molecule has 1 saturated heterocycles. The lowest BCUT2D eigenvalue weighted by atomic mass is 9.86. The van der Waals surface area contributed by atoms with Crippen molar-refractivity contribution in [3.05, 3.63) is 41.8 Å². The van der Waals surface area contributed by atoms with Gasteiger partial charge in [0.1, 0.15) is 6.26 Å². The van der Waals surface area contributed by atoms with Gasteiger partial charge in [-0.1, -0.05) is 23.4 Å². The first kappa shape index (κ1) is 10.3. The molecule has 0 saturated carbocycles. The van der Waals surface area contributed by atoms with Crippen LogP contribution in [-0.4, -0.2) is 24.4 Å². The molecule has 3 heterocycles. The predicted octanol–water partition coefficient (Wildman–Crippen LogP) is 1.93. The van der Waals surface area contributed by atoms with Crippen molar-refractivity contribution < 1.29 is 9.26 Å². The Morgan fingerprint density at radius 1 is 1.28 bits per heavy atom. The summed E-state index contributed by atoms with van der Waals surface area (Å²) < 4.78 is 10.9. The first-order valence-electron chi connectivity index (χ1n) is 6.27. The summed E-state index contributed by atoms with van der Waals surface area (Å²) in [7, 11) is 0. The van der Waals surface area contributed by atoms with Crippen LogP contribution in [0.15, 0.2) is 35.2 Å². The summed E-state index contributed by atoms with van der Waals surface area (Å²) in [5.41, 5.74) is 4.90. The predicted molar refractivity (Wildman–Crippen MR) is 66.1 cm³/mol. The summed E-state index contributed by atoms with van der Waals surface area (Å²) in [6, 6.07) is 6.44. The second kappa shape index (κ2) is 3.93. The van der Waals surface area contributed by atoms with Crippen molar-refractivity contribution in [1.82, 2.24) is 10.5 Å². The average Bonchev–Trinajstić information content (AvgIpc) is 3.09. The van der Waals surface area contributed by atoms with Crippen LogP contribution in [0.2, 0.25) is 0 Å². The minimum atomic E-state index is 0.329. The number of hydrogen-bond donors (Lipinski definition) is 1. The molecule has 0 aliphatic carbocycles. The Bertz CT molecular complexity index is 565. The molecule has 1 aromatic heterocycles. The molecular weight excluding hydrogens is 228 g/mol. The third kappa shape index (κ3) is 1.43. The van der Waals surface area contributed by atoms with Gasteiger partial charge in [0.15, 0.2) is 0 Å². The molecular formula is C14H14N2O2. The van der Waals surface area contributed by atoms with E-state index in [4.69, 9.17) is 9.26 Å². The fourth-order valence-corrected chi connectivity index (χ4v) is 3.05. The molecule has 2 atom stereocenters.